The second-order valence-corrected chi connectivity index (χ2v) is 6.08. The first-order valence-corrected chi connectivity index (χ1v) is 8.50. The quantitative estimate of drug-likeness (QED) is 0.546. The van der Waals surface area contributed by atoms with Gasteiger partial charge < -0.3 is 19.5 Å². The number of carbonyl (C=O) groups is 1. The Bertz CT molecular complexity index is 956. The summed E-state index contributed by atoms with van der Waals surface area (Å²) in [5, 5.41) is 12.1. The third-order valence-corrected chi connectivity index (χ3v) is 4.00. The molecule has 0 unspecified atom stereocenters. The van der Waals surface area contributed by atoms with Gasteiger partial charge in [-0.2, -0.15) is 14.0 Å². The molecule has 6 nitrogen and oxygen atoms in total. The Balaban J connectivity index is 2.39. The van der Waals surface area contributed by atoms with Crippen LogP contribution in [0.1, 0.15) is 16.7 Å². The number of nitriles is 1. The van der Waals surface area contributed by atoms with Crippen molar-refractivity contribution in [1.82, 2.24) is 0 Å². The first kappa shape index (κ1) is 21.7. The number of ether oxygens (including phenoxy) is 3. The number of rotatable bonds is 7. The maximum Gasteiger partial charge on any atom is 0.387 e. The van der Waals surface area contributed by atoms with Gasteiger partial charge in [0.15, 0.2) is 11.5 Å². The van der Waals surface area contributed by atoms with E-state index in [-0.39, 0.29) is 22.8 Å². The number of nitrogens with zero attached hydrogens (tertiary/aromatic N) is 1. The number of alkyl halides is 2. The minimum absolute atomic E-state index is 0.0250. The first-order chi connectivity index (χ1) is 13.8. The Labute approximate surface area is 167 Å². The Morgan fingerprint density at radius 2 is 1.76 bits per heavy atom. The van der Waals surface area contributed by atoms with Crippen LogP contribution in [-0.4, -0.2) is 26.7 Å². The van der Waals surface area contributed by atoms with Crippen molar-refractivity contribution in [3.8, 4) is 23.3 Å². The number of benzene rings is 2. The lowest BCUT2D eigenvalue weighted by Gasteiger charge is -2.14. The lowest BCUT2D eigenvalue weighted by molar-refractivity contribution is -0.112. The summed E-state index contributed by atoms with van der Waals surface area (Å²) in [5.74, 6) is -0.934. The highest BCUT2D eigenvalue weighted by atomic mass is 19.3. The van der Waals surface area contributed by atoms with Crippen molar-refractivity contribution in [2.24, 2.45) is 0 Å². The zero-order valence-corrected chi connectivity index (χ0v) is 16.4. The molecule has 2 aromatic rings. The van der Waals surface area contributed by atoms with Gasteiger partial charge in [0.1, 0.15) is 11.6 Å². The fourth-order valence-electron chi connectivity index (χ4n) is 2.65. The summed E-state index contributed by atoms with van der Waals surface area (Å²) < 4.78 is 39.9. The highest BCUT2D eigenvalue weighted by molar-refractivity contribution is 6.10. The molecule has 0 aliphatic rings. The number of anilines is 1. The molecule has 2 aromatic carbocycles. The summed E-state index contributed by atoms with van der Waals surface area (Å²) in [6.45, 7) is 0.703. The summed E-state index contributed by atoms with van der Waals surface area (Å²) in [5.41, 5.74) is 2.64. The van der Waals surface area contributed by atoms with E-state index >= 15 is 0 Å². The van der Waals surface area contributed by atoms with Crippen LogP contribution >= 0.6 is 0 Å². The molecule has 0 radical (unpaired) electrons. The molecule has 0 saturated carbocycles. The average Bonchev–Trinajstić information content (AvgIpc) is 2.68. The fourth-order valence-corrected chi connectivity index (χ4v) is 2.65. The van der Waals surface area contributed by atoms with Crippen LogP contribution in [0.5, 0.6) is 17.2 Å². The van der Waals surface area contributed by atoms with Gasteiger partial charge >= 0.3 is 6.61 Å². The Morgan fingerprint density at radius 3 is 2.24 bits per heavy atom. The smallest absolute Gasteiger partial charge is 0.387 e. The largest absolute Gasteiger partial charge is 0.493 e. The van der Waals surface area contributed by atoms with Crippen LogP contribution < -0.4 is 19.5 Å². The molecule has 2 rings (SSSR count). The normalized spacial score (nSPS) is 11.0. The van der Waals surface area contributed by atoms with Gasteiger partial charge in [-0.3, -0.25) is 4.79 Å². The van der Waals surface area contributed by atoms with Crippen LogP contribution in [0.4, 0.5) is 14.5 Å². The second-order valence-electron chi connectivity index (χ2n) is 6.08. The van der Waals surface area contributed by atoms with Crippen molar-refractivity contribution >= 4 is 17.7 Å². The highest BCUT2D eigenvalue weighted by Gasteiger charge is 2.19. The number of hydrogen-bond acceptors (Lipinski definition) is 5. The summed E-state index contributed by atoms with van der Waals surface area (Å²) in [7, 11) is 2.55. The molecule has 0 aliphatic carbocycles. The Kier molecular flexibility index (Phi) is 7.15. The predicted molar refractivity (Wildman–Crippen MR) is 104 cm³/mol. The summed E-state index contributed by atoms with van der Waals surface area (Å²) >= 11 is 0. The molecule has 0 atom stereocenters. The maximum absolute atomic E-state index is 12.6. The average molecular weight is 402 g/mol. The van der Waals surface area contributed by atoms with E-state index in [1.54, 1.807) is 6.07 Å². The van der Waals surface area contributed by atoms with Gasteiger partial charge in [-0.05, 0) is 49.2 Å². The minimum atomic E-state index is -3.07. The van der Waals surface area contributed by atoms with E-state index in [0.717, 1.165) is 11.1 Å². The van der Waals surface area contributed by atoms with E-state index < -0.39 is 12.5 Å². The molecule has 0 bridgehead atoms. The fraction of sp³-hybridized carbons (Fsp3) is 0.238. The lowest BCUT2D eigenvalue weighted by atomic mass is 10.1. The molecule has 0 aliphatic heterocycles. The molecule has 0 saturated heterocycles. The third-order valence-electron chi connectivity index (χ3n) is 4.00. The number of nitrogens with one attached hydrogen (secondary N) is 1. The van der Waals surface area contributed by atoms with Crippen LogP contribution in [0.15, 0.2) is 35.9 Å². The van der Waals surface area contributed by atoms with Crippen molar-refractivity contribution < 1.29 is 27.8 Å². The molecule has 0 aromatic heterocycles. The molecule has 0 fully saturated rings. The summed E-state index contributed by atoms with van der Waals surface area (Å²) in [4.78, 5) is 12.5. The third kappa shape index (κ3) is 5.45. The zero-order valence-electron chi connectivity index (χ0n) is 16.4. The summed E-state index contributed by atoms with van der Waals surface area (Å²) in [6.07, 6.45) is 1.30. The topological polar surface area (TPSA) is 80.6 Å². The predicted octanol–water partition coefficient (Wildman–Crippen LogP) is 4.47. The Hall–Kier alpha value is -3.60. The monoisotopic (exact) mass is 402 g/mol. The number of aryl methyl sites for hydroxylation is 2. The Morgan fingerprint density at radius 1 is 1.14 bits per heavy atom. The van der Waals surface area contributed by atoms with Gasteiger partial charge in [-0.1, -0.05) is 17.7 Å². The number of carbonyl (C=O) groups excluding carboxylic acids is 1. The van der Waals surface area contributed by atoms with Gasteiger partial charge in [-0.25, -0.2) is 0 Å². The van der Waals surface area contributed by atoms with Crippen molar-refractivity contribution in [2.45, 2.75) is 20.5 Å². The number of halogens is 2. The molecular weight excluding hydrogens is 382 g/mol. The van der Waals surface area contributed by atoms with Crippen molar-refractivity contribution in [1.29, 1.82) is 5.26 Å². The van der Waals surface area contributed by atoms with Gasteiger partial charge in [0.2, 0.25) is 5.75 Å². The van der Waals surface area contributed by atoms with E-state index in [9.17, 15) is 18.8 Å². The van der Waals surface area contributed by atoms with Crippen LogP contribution in [0.25, 0.3) is 6.08 Å². The molecule has 29 heavy (non-hydrogen) atoms. The van der Waals surface area contributed by atoms with E-state index in [2.05, 4.69) is 10.1 Å². The lowest BCUT2D eigenvalue weighted by Crippen LogP contribution is -2.14. The maximum atomic E-state index is 12.6. The van der Waals surface area contributed by atoms with E-state index in [4.69, 9.17) is 9.47 Å². The molecule has 0 spiro atoms. The zero-order chi connectivity index (χ0) is 21.6. The van der Waals surface area contributed by atoms with Gasteiger partial charge in [-0.15, -0.1) is 0 Å². The van der Waals surface area contributed by atoms with Gasteiger partial charge in [0.25, 0.3) is 5.91 Å². The molecule has 0 heterocycles. The van der Waals surface area contributed by atoms with E-state index in [1.165, 1.54) is 32.4 Å². The van der Waals surface area contributed by atoms with E-state index in [0.29, 0.717) is 11.3 Å². The van der Waals surface area contributed by atoms with Gasteiger partial charge in [0, 0.05) is 5.69 Å². The minimum Gasteiger partial charge on any atom is -0.493 e. The van der Waals surface area contributed by atoms with Crippen LogP contribution in [-0.2, 0) is 4.79 Å². The number of amides is 1. The second kappa shape index (κ2) is 9.55. The number of methoxy groups -OCH3 is 2. The number of hydrogen-bond donors (Lipinski definition) is 1. The van der Waals surface area contributed by atoms with Crippen molar-refractivity contribution in [3.63, 3.8) is 0 Å². The van der Waals surface area contributed by atoms with Crippen LogP contribution in [0.2, 0.25) is 0 Å². The molecule has 152 valence electrons. The van der Waals surface area contributed by atoms with Crippen LogP contribution in [0.3, 0.4) is 0 Å². The van der Waals surface area contributed by atoms with Crippen molar-refractivity contribution in [3.05, 3.63) is 52.6 Å². The van der Waals surface area contributed by atoms with E-state index in [1.807, 2.05) is 32.0 Å². The van der Waals surface area contributed by atoms with Crippen LogP contribution in [0, 0.1) is 25.2 Å². The van der Waals surface area contributed by atoms with Gasteiger partial charge in [0.05, 0.1) is 14.2 Å². The standard InChI is InChI=1S/C21H20F2N2O4/c1-12-5-6-16(13(2)7-12)25-20(26)15(11-24)8-14-9-17(27-3)19(29-21(22)23)18(10-14)28-4/h5-10,21H,1-4H3,(H,25,26)/b15-8+. The molecule has 1 amide bonds. The SMILES string of the molecule is COc1cc(/C=C(\C#N)C(=O)Nc2ccc(C)cc2C)cc(OC)c1OC(F)F. The molecule has 1 N–H and O–H groups in total. The van der Waals surface area contributed by atoms with Crippen molar-refractivity contribution in [2.75, 3.05) is 19.5 Å². The molecule has 8 heteroatoms. The summed E-state index contributed by atoms with van der Waals surface area (Å²) in [6, 6.07) is 10.1. The molecular formula is C21H20F2N2O4. The highest BCUT2D eigenvalue weighted by Crippen LogP contribution is 2.40. The first-order valence-electron chi connectivity index (χ1n) is 8.50.